The van der Waals surface area contributed by atoms with Gasteiger partial charge in [-0.3, -0.25) is 4.79 Å². The summed E-state index contributed by atoms with van der Waals surface area (Å²) in [6.45, 7) is 8.37. The highest BCUT2D eigenvalue weighted by Gasteiger charge is 2.17. The van der Waals surface area contributed by atoms with Crippen molar-refractivity contribution in [3.8, 4) is 5.95 Å². The first-order valence-corrected chi connectivity index (χ1v) is 10.2. The Morgan fingerprint density at radius 3 is 2.43 bits per heavy atom. The number of thioether (sulfide) groups is 1. The molecule has 2 heterocycles. The Hall–Kier alpha value is -2.67. The van der Waals surface area contributed by atoms with Crippen LogP contribution >= 0.6 is 11.8 Å². The summed E-state index contributed by atoms with van der Waals surface area (Å²) in [6.07, 6.45) is 0.304. The third-order valence-corrected chi connectivity index (χ3v) is 5.39. The molecule has 0 bridgehead atoms. The number of nitrogens with one attached hydrogen (secondary N) is 1. The molecule has 2 aromatic heterocycles. The fourth-order valence-electron chi connectivity index (χ4n) is 3.03. The summed E-state index contributed by atoms with van der Waals surface area (Å²) in [5.41, 5.74) is 4.44. The van der Waals surface area contributed by atoms with Crippen LogP contribution in [-0.2, 0) is 11.2 Å². The van der Waals surface area contributed by atoms with E-state index in [1.54, 1.807) is 16.4 Å². The van der Waals surface area contributed by atoms with Gasteiger partial charge >= 0.3 is 0 Å². The minimum atomic E-state index is 0.000697. The number of benzene rings is 1. The molecule has 0 aliphatic carbocycles. The highest BCUT2D eigenvalue weighted by atomic mass is 32.2. The lowest BCUT2D eigenvalue weighted by Crippen LogP contribution is -2.27. The molecule has 146 valence electrons. The van der Waals surface area contributed by atoms with Gasteiger partial charge in [-0.1, -0.05) is 18.2 Å². The van der Waals surface area contributed by atoms with Crippen LogP contribution in [0.3, 0.4) is 0 Å². The second kappa shape index (κ2) is 9.01. The van der Waals surface area contributed by atoms with Crippen LogP contribution in [-0.4, -0.2) is 38.0 Å². The number of nitrogens with zero attached hydrogens (tertiary/aromatic N) is 4. The van der Waals surface area contributed by atoms with Crippen LogP contribution in [0.2, 0.25) is 0 Å². The van der Waals surface area contributed by atoms with Crippen LogP contribution in [0.15, 0.2) is 41.3 Å². The maximum Gasteiger partial charge on any atom is 0.251 e. The van der Waals surface area contributed by atoms with Crippen molar-refractivity contribution in [3.63, 3.8) is 0 Å². The molecule has 0 saturated carbocycles. The number of carbonyl (C=O) groups excluding carboxylic acids is 1. The van der Waals surface area contributed by atoms with E-state index >= 15 is 0 Å². The minimum absolute atomic E-state index is 0.000697. The van der Waals surface area contributed by atoms with Gasteiger partial charge in [-0.15, -0.1) is 11.8 Å². The number of rotatable bonds is 7. The first kappa shape index (κ1) is 20.1. The average Bonchev–Trinajstić information content (AvgIpc) is 2.93. The molecule has 0 unspecified atom stereocenters. The number of hydrogen-bond donors (Lipinski definition) is 1. The van der Waals surface area contributed by atoms with Gasteiger partial charge in [0.25, 0.3) is 5.95 Å². The van der Waals surface area contributed by atoms with Crippen LogP contribution in [0.25, 0.3) is 5.95 Å². The zero-order valence-corrected chi connectivity index (χ0v) is 17.5. The largest absolute Gasteiger partial charge is 0.355 e. The molecule has 0 aliphatic heterocycles. The SMILES string of the molecule is Cc1cc(C)nc(-n2nc(C)c(CC(=O)NCCSc3ccccc3)c2C)n1. The third-order valence-electron chi connectivity index (χ3n) is 4.37. The van der Waals surface area contributed by atoms with Crippen molar-refractivity contribution in [1.82, 2.24) is 25.1 Å². The van der Waals surface area contributed by atoms with Crippen molar-refractivity contribution < 1.29 is 4.79 Å². The number of aryl methyl sites for hydroxylation is 3. The monoisotopic (exact) mass is 395 g/mol. The first-order chi connectivity index (χ1) is 13.4. The molecule has 6 nitrogen and oxygen atoms in total. The number of hydrogen-bond acceptors (Lipinski definition) is 5. The van der Waals surface area contributed by atoms with E-state index in [0.717, 1.165) is 34.1 Å². The Morgan fingerprint density at radius 2 is 1.75 bits per heavy atom. The van der Waals surface area contributed by atoms with E-state index in [-0.39, 0.29) is 5.91 Å². The molecular formula is C21H25N5OS. The standard InChI is InChI=1S/C21H25N5OS/c1-14-12-15(2)24-21(23-14)26-17(4)19(16(3)25-26)13-20(27)22-10-11-28-18-8-6-5-7-9-18/h5-9,12H,10-11,13H2,1-4H3,(H,22,27). The van der Waals surface area contributed by atoms with Crippen molar-refractivity contribution in [2.24, 2.45) is 0 Å². The highest BCUT2D eigenvalue weighted by molar-refractivity contribution is 7.99. The summed E-state index contributed by atoms with van der Waals surface area (Å²) in [5.74, 6) is 1.38. The lowest BCUT2D eigenvalue weighted by atomic mass is 10.1. The van der Waals surface area contributed by atoms with Gasteiger partial charge in [0.05, 0.1) is 12.1 Å². The molecule has 1 amide bonds. The van der Waals surface area contributed by atoms with Crippen LogP contribution < -0.4 is 5.32 Å². The second-order valence-electron chi connectivity index (χ2n) is 6.70. The van der Waals surface area contributed by atoms with Crippen molar-refractivity contribution in [2.45, 2.75) is 39.0 Å². The fourth-order valence-corrected chi connectivity index (χ4v) is 3.82. The van der Waals surface area contributed by atoms with Gasteiger partial charge in [0.1, 0.15) is 0 Å². The molecule has 0 spiro atoms. The van der Waals surface area contributed by atoms with Gasteiger partial charge in [0.15, 0.2) is 0 Å². The van der Waals surface area contributed by atoms with Crippen molar-refractivity contribution in [2.75, 3.05) is 12.3 Å². The van der Waals surface area contributed by atoms with Crippen LogP contribution in [0.1, 0.15) is 28.3 Å². The predicted octanol–water partition coefficient (Wildman–Crippen LogP) is 3.35. The van der Waals surface area contributed by atoms with E-state index in [2.05, 4.69) is 32.5 Å². The third kappa shape index (κ3) is 4.98. The smallest absolute Gasteiger partial charge is 0.251 e. The lowest BCUT2D eigenvalue weighted by Gasteiger charge is -2.07. The molecular weight excluding hydrogens is 370 g/mol. The van der Waals surface area contributed by atoms with Gasteiger partial charge in [0.2, 0.25) is 5.91 Å². The zero-order valence-electron chi connectivity index (χ0n) is 16.7. The van der Waals surface area contributed by atoms with E-state index in [1.807, 2.05) is 52.0 Å². The maximum atomic E-state index is 12.4. The minimum Gasteiger partial charge on any atom is -0.355 e. The van der Waals surface area contributed by atoms with E-state index in [1.165, 1.54) is 4.90 Å². The Bertz CT molecular complexity index is 948. The Labute approximate surface area is 169 Å². The van der Waals surface area contributed by atoms with Gasteiger partial charge < -0.3 is 5.32 Å². The van der Waals surface area contributed by atoms with E-state index in [4.69, 9.17) is 0 Å². The summed E-state index contributed by atoms with van der Waals surface area (Å²) in [5, 5.41) is 7.55. The first-order valence-electron chi connectivity index (χ1n) is 9.26. The van der Waals surface area contributed by atoms with E-state index < -0.39 is 0 Å². The zero-order chi connectivity index (χ0) is 20.1. The Kier molecular flexibility index (Phi) is 6.46. The summed E-state index contributed by atoms with van der Waals surface area (Å²) in [6, 6.07) is 12.1. The summed E-state index contributed by atoms with van der Waals surface area (Å²) >= 11 is 1.73. The van der Waals surface area contributed by atoms with E-state index in [9.17, 15) is 4.79 Å². The van der Waals surface area contributed by atoms with Gasteiger partial charge in [-0.2, -0.15) is 5.10 Å². The average molecular weight is 396 g/mol. The molecule has 0 radical (unpaired) electrons. The topological polar surface area (TPSA) is 72.7 Å². The molecule has 0 saturated heterocycles. The number of aromatic nitrogens is 4. The normalized spacial score (nSPS) is 10.9. The molecule has 28 heavy (non-hydrogen) atoms. The highest BCUT2D eigenvalue weighted by Crippen LogP contribution is 2.18. The van der Waals surface area contributed by atoms with Gasteiger partial charge in [0, 0.05) is 39.8 Å². The van der Waals surface area contributed by atoms with Crippen molar-refractivity contribution >= 4 is 17.7 Å². The molecule has 7 heteroatoms. The second-order valence-corrected chi connectivity index (χ2v) is 7.87. The Morgan fingerprint density at radius 1 is 1.07 bits per heavy atom. The maximum absolute atomic E-state index is 12.4. The molecule has 0 aliphatic rings. The van der Waals surface area contributed by atoms with Crippen molar-refractivity contribution in [1.29, 1.82) is 0 Å². The molecule has 1 N–H and O–H groups in total. The molecule has 0 fully saturated rings. The number of carbonyl (C=O) groups is 1. The van der Waals surface area contributed by atoms with Crippen LogP contribution in [0.4, 0.5) is 0 Å². The van der Waals surface area contributed by atoms with E-state index in [0.29, 0.717) is 18.9 Å². The molecule has 0 atom stereocenters. The fraction of sp³-hybridized carbons (Fsp3) is 0.333. The lowest BCUT2D eigenvalue weighted by molar-refractivity contribution is -0.120. The Balaban J connectivity index is 1.61. The number of amides is 1. The summed E-state index contributed by atoms with van der Waals surface area (Å²) in [7, 11) is 0. The van der Waals surface area contributed by atoms with Crippen LogP contribution in [0, 0.1) is 27.7 Å². The molecule has 3 aromatic rings. The van der Waals surface area contributed by atoms with Gasteiger partial charge in [-0.25, -0.2) is 14.6 Å². The predicted molar refractivity (Wildman–Crippen MR) is 112 cm³/mol. The summed E-state index contributed by atoms with van der Waals surface area (Å²) < 4.78 is 1.73. The summed E-state index contributed by atoms with van der Waals surface area (Å²) in [4.78, 5) is 22.5. The molecule has 1 aromatic carbocycles. The van der Waals surface area contributed by atoms with Gasteiger partial charge in [-0.05, 0) is 45.9 Å². The quantitative estimate of drug-likeness (QED) is 0.491. The van der Waals surface area contributed by atoms with Crippen molar-refractivity contribution in [3.05, 3.63) is 64.7 Å². The molecule has 3 rings (SSSR count). The van der Waals surface area contributed by atoms with Crippen LogP contribution in [0.5, 0.6) is 0 Å².